The van der Waals surface area contributed by atoms with Gasteiger partial charge in [0.1, 0.15) is 5.82 Å². The van der Waals surface area contributed by atoms with Crippen LogP contribution in [0.1, 0.15) is 31.2 Å². The average Bonchev–Trinajstić information content (AvgIpc) is 3.04. The number of piperidine rings is 1. The van der Waals surface area contributed by atoms with Gasteiger partial charge in [-0.2, -0.15) is 5.26 Å². The predicted molar refractivity (Wildman–Crippen MR) is 84.7 cm³/mol. The number of benzene rings is 1. The third kappa shape index (κ3) is 3.53. The SMILES string of the molecule is N#CC1CCN(C(=O)C2CCCN2Cc2ccccc2F)CC1. The Labute approximate surface area is 136 Å². The molecular formula is C18H22FN3O. The fourth-order valence-electron chi connectivity index (χ4n) is 3.58. The van der Waals surface area contributed by atoms with Gasteiger partial charge >= 0.3 is 0 Å². The van der Waals surface area contributed by atoms with Gasteiger partial charge in [0.2, 0.25) is 5.91 Å². The van der Waals surface area contributed by atoms with Crippen LogP contribution in [0, 0.1) is 23.1 Å². The van der Waals surface area contributed by atoms with Crippen molar-refractivity contribution in [1.82, 2.24) is 9.80 Å². The van der Waals surface area contributed by atoms with Crippen LogP contribution in [-0.2, 0) is 11.3 Å². The minimum absolute atomic E-state index is 0.0807. The second-order valence-electron chi connectivity index (χ2n) is 6.45. The molecule has 1 aromatic carbocycles. The Morgan fingerprint density at radius 2 is 1.96 bits per heavy atom. The lowest BCUT2D eigenvalue weighted by atomic mass is 9.98. The molecule has 2 aliphatic rings. The number of hydrogen-bond donors (Lipinski definition) is 0. The van der Waals surface area contributed by atoms with E-state index < -0.39 is 0 Å². The van der Waals surface area contributed by atoms with Gasteiger partial charge in [0, 0.05) is 31.1 Å². The lowest BCUT2D eigenvalue weighted by Crippen LogP contribution is -2.48. The first-order chi connectivity index (χ1) is 11.2. The molecule has 0 spiro atoms. The first-order valence-corrected chi connectivity index (χ1v) is 8.35. The fourth-order valence-corrected chi connectivity index (χ4v) is 3.58. The van der Waals surface area contributed by atoms with E-state index in [1.807, 2.05) is 11.0 Å². The summed E-state index contributed by atoms with van der Waals surface area (Å²) in [5.74, 6) is 0.0211. The Morgan fingerprint density at radius 3 is 2.65 bits per heavy atom. The first-order valence-electron chi connectivity index (χ1n) is 8.35. The number of likely N-dealkylation sites (tertiary alicyclic amines) is 2. The standard InChI is InChI=1S/C18H22FN3O/c19-16-5-2-1-4-15(16)13-22-9-3-6-17(22)18(23)21-10-7-14(12-20)8-11-21/h1-2,4-5,14,17H,3,6-11,13H2. The number of nitriles is 1. The summed E-state index contributed by atoms with van der Waals surface area (Å²) in [5, 5.41) is 8.96. The van der Waals surface area contributed by atoms with E-state index in [4.69, 9.17) is 5.26 Å². The van der Waals surface area contributed by atoms with Gasteiger partial charge in [-0.15, -0.1) is 0 Å². The van der Waals surface area contributed by atoms with Crippen LogP contribution in [0.25, 0.3) is 0 Å². The normalized spacial score (nSPS) is 23.0. The lowest BCUT2D eigenvalue weighted by Gasteiger charge is -2.34. The molecule has 23 heavy (non-hydrogen) atoms. The van der Waals surface area contributed by atoms with Crippen molar-refractivity contribution in [3.8, 4) is 6.07 Å². The molecule has 3 rings (SSSR count). The lowest BCUT2D eigenvalue weighted by molar-refractivity contribution is -0.137. The highest BCUT2D eigenvalue weighted by Gasteiger charge is 2.35. The number of nitrogens with zero attached hydrogens (tertiary/aromatic N) is 3. The Morgan fingerprint density at radius 1 is 1.22 bits per heavy atom. The quantitative estimate of drug-likeness (QED) is 0.861. The number of hydrogen-bond acceptors (Lipinski definition) is 3. The number of carbonyl (C=O) groups excluding carboxylic acids is 1. The molecule has 0 aromatic heterocycles. The summed E-state index contributed by atoms with van der Waals surface area (Å²) in [6.07, 6.45) is 3.34. The summed E-state index contributed by atoms with van der Waals surface area (Å²) in [7, 11) is 0. The van der Waals surface area contributed by atoms with Gasteiger partial charge in [-0.3, -0.25) is 9.69 Å². The molecule has 2 fully saturated rings. The number of amides is 1. The summed E-state index contributed by atoms with van der Waals surface area (Å²) in [6, 6.07) is 8.91. The Bertz CT molecular complexity index is 605. The molecule has 1 atom stereocenters. The average molecular weight is 315 g/mol. The van der Waals surface area contributed by atoms with Crippen molar-refractivity contribution in [3.05, 3.63) is 35.6 Å². The maximum Gasteiger partial charge on any atom is 0.239 e. The summed E-state index contributed by atoms with van der Waals surface area (Å²) < 4.78 is 13.9. The van der Waals surface area contributed by atoms with Gasteiger partial charge in [0.05, 0.1) is 12.1 Å². The van der Waals surface area contributed by atoms with Crippen molar-refractivity contribution in [2.75, 3.05) is 19.6 Å². The molecule has 0 N–H and O–H groups in total. The van der Waals surface area contributed by atoms with Crippen LogP contribution in [0.3, 0.4) is 0 Å². The molecule has 122 valence electrons. The molecule has 2 aliphatic heterocycles. The minimum atomic E-state index is -0.208. The zero-order chi connectivity index (χ0) is 16.2. The van der Waals surface area contributed by atoms with Gasteiger partial charge in [-0.05, 0) is 38.3 Å². The van der Waals surface area contributed by atoms with Crippen molar-refractivity contribution in [2.24, 2.45) is 5.92 Å². The first kappa shape index (κ1) is 15.9. The van der Waals surface area contributed by atoms with Crippen molar-refractivity contribution in [1.29, 1.82) is 5.26 Å². The molecule has 5 heteroatoms. The molecule has 0 saturated carbocycles. The Hall–Kier alpha value is -1.93. The molecular weight excluding hydrogens is 293 g/mol. The van der Waals surface area contributed by atoms with Gasteiger partial charge < -0.3 is 4.90 Å². The van der Waals surface area contributed by atoms with Gasteiger partial charge in [0.25, 0.3) is 0 Å². The largest absolute Gasteiger partial charge is 0.341 e. The second kappa shape index (κ2) is 7.10. The summed E-state index contributed by atoms with van der Waals surface area (Å²) in [5.41, 5.74) is 0.649. The van der Waals surface area contributed by atoms with Crippen molar-refractivity contribution in [3.63, 3.8) is 0 Å². The van der Waals surface area contributed by atoms with Crippen LogP contribution in [0.5, 0.6) is 0 Å². The Balaban J connectivity index is 1.64. The fraction of sp³-hybridized carbons (Fsp3) is 0.556. The number of carbonyl (C=O) groups is 1. The second-order valence-corrected chi connectivity index (χ2v) is 6.45. The predicted octanol–water partition coefficient (Wildman–Crippen LogP) is 2.55. The smallest absolute Gasteiger partial charge is 0.239 e. The van der Waals surface area contributed by atoms with Crippen molar-refractivity contribution >= 4 is 5.91 Å². The van der Waals surface area contributed by atoms with Crippen molar-refractivity contribution in [2.45, 2.75) is 38.3 Å². The van der Waals surface area contributed by atoms with E-state index in [2.05, 4.69) is 11.0 Å². The van der Waals surface area contributed by atoms with E-state index in [0.29, 0.717) is 25.2 Å². The molecule has 1 aromatic rings. The highest BCUT2D eigenvalue weighted by atomic mass is 19.1. The zero-order valence-electron chi connectivity index (χ0n) is 13.2. The van der Waals surface area contributed by atoms with Crippen LogP contribution >= 0.6 is 0 Å². The third-order valence-electron chi connectivity index (χ3n) is 4.97. The minimum Gasteiger partial charge on any atom is -0.341 e. The number of halogens is 1. The third-order valence-corrected chi connectivity index (χ3v) is 4.97. The van der Waals surface area contributed by atoms with Gasteiger partial charge in [-0.25, -0.2) is 4.39 Å². The van der Waals surface area contributed by atoms with Crippen LogP contribution < -0.4 is 0 Å². The Kier molecular flexibility index (Phi) is 4.92. The van der Waals surface area contributed by atoms with E-state index in [1.54, 1.807) is 12.1 Å². The topological polar surface area (TPSA) is 47.3 Å². The molecule has 0 bridgehead atoms. The molecule has 1 amide bonds. The maximum absolute atomic E-state index is 13.9. The maximum atomic E-state index is 13.9. The highest BCUT2D eigenvalue weighted by Crippen LogP contribution is 2.25. The molecule has 0 radical (unpaired) electrons. The summed E-state index contributed by atoms with van der Waals surface area (Å²) in [6.45, 7) is 2.65. The van der Waals surface area contributed by atoms with E-state index >= 15 is 0 Å². The summed E-state index contributed by atoms with van der Waals surface area (Å²) in [4.78, 5) is 16.8. The van der Waals surface area contributed by atoms with E-state index in [9.17, 15) is 9.18 Å². The summed E-state index contributed by atoms with van der Waals surface area (Å²) >= 11 is 0. The van der Waals surface area contributed by atoms with E-state index in [1.165, 1.54) is 6.07 Å². The molecule has 4 nitrogen and oxygen atoms in total. The molecule has 2 saturated heterocycles. The van der Waals surface area contributed by atoms with Gasteiger partial charge in [0.15, 0.2) is 0 Å². The van der Waals surface area contributed by atoms with Crippen LogP contribution in [-0.4, -0.2) is 41.4 Å². The monoisotopic (exact) mass is 315 g/mol. The highest BCUT2D eigenvalue weighted by molar-refractivity contribution is 5.82. The van der Waals surface area contributed by atoms with Crippen LogP contribution in [0.4, 0.5) is 4.39 Å². The van der Waals surface area contributed by atoms with E-state index in [-0.39, 0.29) is 23.7 Å². The molecule has 0 aliphatic carbocycles. The van der Waals surface area contributed by atoms with E-state index in [0.717, 1.165) is 32.2 Å². The zero-order valence-corrected chi connectivity index (χ0v) is 13.2. The molecule has 1 unspecified atom stereocenters. The molecule has 2 heterocycles. The van der Waals surface area contributed by atoms with Crippen LogP contribution in [0.15, 0.2) is 24.3 Å². The number of rotatable bonds is 3. The van der Waals surface area contributed by atoms with Crippen molar-refractivity contribution < 1.29 is 9.18 Å². The van der Waals surface area contributed by atoms with Crippen LogP contribution in [0.2, 0.25) is 0 Å². The van der Waals surface area contributed by atoms with Gasteiger partial charge in [-0.1, -0.05) is 18.2 Å².